The molecule has 0 bridgehead atoms. The molecule has 3 heterocycles. The van der Waals surface area contributed by atoms with Gasteiger partial charge in [0.1, 0.15) is 21.3 Å². The summed E-state index contributed by atoms with van der Waals surface area (Å²) < 4.78 is 8.17. The maximum absolute atomic E-state index is 13.5. The van der Waals surface area contributed by atoms with Crippen LogP contribution in [0, 0.1) is 13.8 Å². The highest BCUT2D eigenvalue weighted by molar-refractivity contribution is 8.26. The van der Waals surface area contributed by atoms with Crippen LogP contribution in [0.25, 0.3) is 11.7 Å². The van der Waals surface area contributed by atoms with Crippen LogP contribution in [-0.2, 0) is 4.79 Å². The number of hydrogen-bond acceptors (Lipinski definition) is 6. The summed E-state index contributed by atoms with van der Waals surface area (Å²) in [5.74, 6) is 0.644. The Balaban J connectivity index is 1.59. The van der Waals surface area contributed by atoms with Crippen LogP contribution in [0.15, 0.2) is 52.3 Å². The van der Waals surface area contributed by atoms with Crippen LogP contribution in [-0.4, -0.2) is 30.6 Å². The van der Waals surface area contributed by atoms with Crippen LogP contribution < -0.4 is 10.3 Å². The van der Waals surface area contributed by atoms with E-state index in [0.29, 0.717) is 20.6 Å². The van der Waals surface area contributed by atoms with Crippen molar-refractivity contribution in [3.63, 3.8) is 0 Å². The molecule has 0 unspecified atom stereocenters. The van der Waals surface area contributed by atoms with Crippen molar-refractivity contribution in [2.75, 3.05) is 0 Å². The van der Waals surface area contributed by atoms with Crippen molar-refractivity contribution in [3.8, 4) is 11.6 Å². The lowest BCUT2D eigenvalue weighted by atomic mass is 9.94. The molecule has 3 aromatic rings. The fourth-order valence-electron chi connectivity index (χ4n) is 4.57. The average Bonchev–Trinajstić information content (AvgIpc) is 3.11. The van der Waals surface area contributed by atoms with Crippen molar-refractivity contribution in [2.45, 2.75) is 52.0 Å². The van der Waals surface area contributed by atoms with Crippen molar-refractivity contribution in [1.82, 2.24) is 14.3 Å². The SMILES string of the molecule is Cc1ccc(Oc2nc3ccccn3c(=O)c2/C=C2/SC(=S)N(C3CCCCC3)C2=O)c(C)c1. The molecule has 1 amide bonds. The second-order valence-electron chi connectivity index (χ2n) is 8.78. The lowest BCUT2D eigenvalue weighted by Gasteiger charge is -2.29. The first-order valence-electron chi connectivity index (χ1n) is 11.5. The number of carbonyl (C=O) groups is 1. The molecule has 0 radical (unpaired) electrons. The van der Waals surface area contributed by atoms with Crippen LogP contribution >= 0.6 is 24.0 Å². The maximum atomic E-state index is 13.5. The highest BCUT2D eigenvalue weighted by Crippen LogP contribution is 2.38. The summed E-state index contributed by atoms with van der Waals surface area (Å²) in [5.41, 5.74) is 2.45. The zero-order valence-corrected chi connectivity index (χ0v) is 20.7. The highest BCUT2D eigenvalue weighted by Gasteiger charge is 2.38. The van der Waals surface area contributed by atoms with Gasteiger partial charge >= 0.3 is 0 Å². The number of carbonyl (C=O) groups excluding carboxylic acids is 1. The number of pyridine rings is 1. The molecule has 2 fully saturated rings. The van der Waals surface area contributed by atoms with Crippen molar-refractivity contribution >= 4 is 45.9 Å². The Bertz CT molecular complexity index is 1390. The van der Waals surface area contributed by atoms with Gasteiger partial charge in [-0.2, -0.15) is 4.98 Å². The quantitative estimate of drug-likeness (QED) is 0.348. The molecule has 0 atom stereocenters. The second kappa shape index (κ2) is 9.35. The van der Waals surface area contributed by atoms with E-state index in [1.54, 1.807) is 29.3 Å². The Hall–Kier alpha value is -2.97. The molecule has 5 rings (SSSR count). The molecule has 174 valence electrons. The number of nitrogens with zero attached hydrogens (tertiary/aromatic N) is 3. The maximum Gasteiger partial charge on any atom is 0.269 e. The first-order valence-corrected chi connectivity index (χ1v) is 12.7. The fourth-order valence-corrected chi connectivity index (χ4v) is 5.95. The molecule has 0 spiro atoms. The van der Waals surface area contributed by atoms with E-state index in [2.05, 4.69) is 4.98 Å². The van der Waals surface area contributed by atoms with Gasteiger partial charge in [0.05, 0.1) is 4.91 Å². The standard InChI is InChI=1S/C26H25N3O3S2/c1-16-11-12-20(17(2)14-16)32-23-19(24(30)28-13-7-6-10-22(28)27-23)15-21-25(31)29(26(33)34-21)18-8-4-3-5-9-18/h6-7,10-15,18H,3-5,8-9H2,1-2H3/b21-15+. The Kier molecular flexibility index (Phi) is 6.27. The van der Waals surface area contributed by atoms with Gasteiger partial charge in [-0.15, -0.1) is 0 Å². The van der Waals surface area contributed by atoms with Gasteiger partial charge in [-0.3, -0.25) is 18.9 Å². The van der Waals surface area contributed by atoms with E-state index in [1.807, 2.05) is 38.1 Å². The molecule has 8 heteroatoms. The second-order valence-corrected chi connectivity index (χ2v) is 10.5. The molecule has 34 heavy (non-hydrogen) atoms. The lowest BCUT2D eigenvalue weighted by molar-refractivity contribution is -0.124. The summed E-state index contributed by atoms with van der Waals surface area (Å²) >= 11 is 6.81. The van der Waals surface area contributed by atoms with E-state index in [0.717, 1.165) is 36.8 Å². The number of ether oxygens (including phenoxy) is 1. The number of fused-ring (bicyclic) bond motifs is 1. The van der Waals surface area contributed by atoms with Crippen LogP contribution in [0.1, 0.15) is 48.8 Å². The van der Waals surface area contributed by atoms with E-state index in [9.17, 15) is 9.59 Å². The van der Waals surface area contributed by atoms with E-state index in [-0.39, 0.29) is 29.0 Å². The minimum atomic E-state index is -0.298. The number of amides is 1. The van der Waals surface area contributed by atoms with Crippen molar-refractivity contribution in [2.24, 2.45) is 0 Å². The summed E-state index contributed by atoms with van der Waals surface area (Å²) in [7, 11) is 0. The number of benzene rings is 1. The Morgan fingerprint density at radius 2 is 1.91 bits per heavy atom. The molecule has 6 nitrogen and oxygen atoms in total. The third kappa shape index (κ3) is 4.28. The lowest BCUT2D eigenvalue weighted by Crippen LogP contribution is -2.39. The molecular formula is C26H25N3O3S2. The first kappa shape index (κ1) is 22.8. The molecule has 1 aromatic carbocycles. The van der Waals surface area contributed by atoms with Gasteiger partial charge in [-0.05, 0) is 56.5 Å². The molecular weight excluding hydrogens is 466 g/mol. The minimum absolute atomic E-state index is 0.133. The van der Waals surface area contributed by atoms with Crippen LogP contribution in [0.3, 0.4) is 0 Å². The summed E-state index contributed by atoms with van der Waals surface area (Å²) in [5, 5.41) is 0. The molecule has 1 saturated heterocycles. The van der Waals surface area contributed by atoms with Gasteiger partial charge in [-0.1, -0.05) is 67.0 Å². The van der Waals surface area contributed by atoms with Gasteiger partial charge in [0.2, 0.25) is 5.88 Å². The molecule has 2 aliphatic rings. The van der Waals surface area contributed by atoms with Crippen molar-refractivity contribution < 1.29 is 9.53 Å². The van der Waals surface area contributed by atoms with Gasteiger partial charge in [-0.25, -0.2) is 0 Å². The fraction of sp³-hybridized carbons (Fsp3) is 0.308. The topological polar surface area (TPSA) is 63.9 Å². The predicted octanol–water partition coefficient (Wildman–Crippen LogP) is 5.64. The molecule has 1 aliphatic heterocycles. The number of thiocarbonyl (C=S) groups is 1. The number of thioether (sulfide) groups is 1. The largest absolute Gasteiger partial charge is 0.438 e. The van der Waals surface area contributed by atoms with E-state index >= 15 is 0 Å². The van der Waals surface area contributed by atoms with Crippen molar-refractivity contribution in [3.05, 3.63) is 74.5 Å². The van der Waals surface area contributed by atoms with Gasteiger partial charge in [0, 0.05) is 12.2 Å². The average molecular weight is 492 g/mol. The zero-order valence-electron chi connectivity index (χ0n) is 19.1. The van der Waals surface area contributed by atoms with Crippen LogP contribution in [0.2, 0.25) is 0 Å². The summed E-state index contributed by atoms with van der Waals surface area (Å²) in [4.78, 5) is 33.6. The Labute approximate surface area is 207 Å². The van der Waals surface area contributed by atoms with E-state index in [1.165, 1.54) is 22.6 Å². The predicted molar refractivity (Wildman–Crippen MR) is 139 cm³/mol. The van der Waals surface area contributed by atoms with E-state index in [4.69, 9.17) is 17.0 Å². The highest BCUT2D eigenvalue weighted by atomic mass is 32.2. The van der Waals surface area contributed by atoms with Gasteiger partial charge < -0.3 is 4.74 Å². The summed E-state index contributed by atoms with van der Waals surface area (Å²) in [6.07, 6.45) is 8.57. The number of hydrogen-bond donors (Lipinski definition) is 0. The smallest absolute Gasteiger partial charge is 0.269 e. The summed E-state index contributed by atoms with van der Waals surface area (Å²) in [6, 6.07) is 11.3. The normalized spacial score (nSPS) is 18.3. The van der Waals surface area contributed by atoms with Crippen molar-refractivity contribution in [1.29, 1.82) is 0 Å². The third-order valence-electron chi connectivity index (χ3n) is 6.31. The zero-order chi connectivity index (χ0) is 23.8. The Morgan fingerprint density at radius 1 is 1.12 bits per heavy atom. The van der Waals surface area contributed by atoms with Crippen LogP contribution in [0.5, 0.6) is 11.6 Å². The van der Waals surface area contributed by atoms with Gasteiger partial charge in [0.15, 0.2) is 0 Å². The number of aromatic nitrogens is 2. The molecule has 0 N–H and O–H groups in total. The van der Waals surface area contributed by atoms with Crippen LogP contribution in [0.4, 0.5) is 0 Å². The molecule has 1 aliphatic carbocycles. The minimum Gasteiger partial charge on any atom is -0.438 e. The molecule has 2 aromatic heterocycles. The summed E-state index contributed by atoms with van der Waals surface area (Å²) in [6.45, 7) is 3.96. The third-order valence-corrected chi connectivity index (χ3v) is 7.64. The first-order chi connectivity index (χ1) is 16.4. The number of rotatable bonds is 4. The number of aryl methyl sites for hydroxylation is 2. The van der Waals surface area contributed by atoms with Gasteiger partial charge in [0.25, 0.3) is 11.5 Å². The monoisotopic (exact) mass is 491 g/mol. The van der Waals surface area contributed by atoms with E-state index < -0.39 is 0 Å². The molecule has 1 saturated carbocycles. The Morgan fingerprint density at radius 3 is 2.68 bits per heavy atom.